The summed E-state index contributed by atoms with van der Waals surface area (Å²) in [5.74, 6) is 0.659. The lowest BCUT2D eigenvalue weighted by atomic mass is 10.1. The van der Waals surface area contributed by atoms with Gasteiger partial charge in [0, 0.05) is 31.9 Å². The molecule has 0 aliphatic carbocycles. The summed E-state index contributed by atoms with van der Waals surface area (Å²) in [4.78, 5) is 26.1. The maximum Gasteiger partial charge on any atom is 0.323 e. The van der Waals surface area contributed by atoms with Crippen molar-refractivity contribution in [1.82, 2.24) is 14.9 Å². The van der Waals surface area contributed by atoms with Crippen LogP contribution in [0.4, 0.5) is 16.3 Å². The zero-order valence-electron chi connectivity index (χ0n) is 17.9. The minimum absolute atomic E-state index is 0.184. The summed E-state index contributed by atoms with van der Waals surface area (Å²) in [5.41, 5.74) is 6.35. The molecule has 1 N–H and O–H groups in total. The lowest BCUT2D eigenvalue weighted by Crippen LogP contribution is -2.50. The van der Waals surface area contributed by atoms with Gasteiger partial charge in [-0.1, -0.05) is 24.3 Å². The molecule has 156 valence electrons. The van der Waals surface area contributed by atoms with Crippen molar-refractivity contribution in [2.24, 2.45) is 0 Å². The first-order valence-electron chi connectivity index (χ1n) is 10.2. The Balaban J connectivity index is 1.47. The number of carbonyl (C=O) groups excluding carboxylic acids is 1. The van der Waals surface area contributed by atoms with E-state index in [0.717, 1.165) is 29.7 Å². The highest BCUT2D eigenvalue weighted by atomic mass is 16.5. The second-order valence-corrected chi connectivity index (χ2v) is 7.72. The highest BCUT2D eigenvalue weighted by Gasteiger charge is 2.24. The van der Waals surface area contributed by atoms with Gasteiger partial charge in [-0.05, 0) is 49.6 Å². The first kappa shape index (κ1) is 19.9. The van der Waals surface area contributed by atoms with Gasteiger partial charge in [-0.3, -0.25) is 5.32 Å². The largest absolute Gasteiger partial charge is 0.478 e. The van der Waals surface area contributed by atoms with Gasteiger partial charge in [0.25, 0.3) is 5.88 Å². The molecule has 1 aliphatic rings. The molecule has 1 fully saturated rings. The Morgan fingerprint density at radius 3 is 2.33 bits per heavy atom. The molecule has 3 aromatic rings. The predicted molar refractivity (Wildman–Crippen MR) is 120 cm³/mol. The van der Waals surface area contributed by atoms with Crippen LogP contribution in [0.2, 0.25) is 0 Å². The van der Waals surface area contributed by atoms with Gasteiger partial charge in [0.05, 0.1) is 18.1 Å². The average molecular weight is 406 g/mol. The van der Waals surface area contributed by atoms with Crippen molar-refractivity contribution in [3.63, 3.8) is 0 Å². The second-order valence-electron chi connectivity index (χ2n) is 7.72. The van der Waals surface area contributed by atoms with E-state index in [0.29, 0.717) is 24.8 Å². The van der Waals surface area contributed by atoms with E-state index in [1.54, 1.807) is 0 Å². The molecule has 2 amide bonds. The van der Waals surface area contributed by atoms with E-state index in [1.807, 2.05) is 30.0 Å². The van der Waals surface area contributed by atoms with Crippen LogP contribution in [0.25, 0.3) is 11.0 Å². The number of urea groups is 1. The van der Waals surface area contributed by atoms with Crippen LogP contribution in [0, 0.1) is 20.8 Å². The second kappa shape index (κ2) is 8.18. The fourth-order valence-electron chi connectivity index (χ4n) is 3.99. The number of fused-ring (bicyclic) bond motifs is 1. The average Bonchev–Trinajstić information content (AvgIpc) is 2.73. The van der Waals surface area contributed by atoms with Gasteiger partial charge in [0.1, 0.15) is 0 Å². The van der Waals surface area contributed by atoms with Crippen molar-refractivity contribution < 1.29 is 9.53 Å². The van der Waals surface area contributed by atoms with Gasteiger partial charge < -0.3 is 14.5 Å². The summed E-state index contributed by atoms with van der Waals surface area (Å²) in [6, 6.07) is 12.0. The Kier molecular flexibility index (Phi) is 5.44. The third-order valence-electron chi connectivity index (χ3n) is 5.53. The number of piperazine rings is 1. The minimum Gasteiger partial charge on any atom is -0.478 e. The van der Waals surface area contributed by atoms with Crippen LogP contribution in [0.3, 0.4) is 0 Å². The van der Waals surface area contributed by atoms with E-state index in [2.05, 4.69) is 52.2 Å². The van der Waals surface area contributed by atoms with E-state index < -0.39 is 0 Å². The number of aromatic nitrogens is 2. The first-order chi connectivity index (χ1) is 14.5. The van der Waals surface area contributed by atoms with Gasteiger partial charge >= 0.3 is 6.03 Å². The number of nitrogens with one attached hydrogen (secondary N) is 1. The van der Waals surface area contributed by atoms with E-state index in [-0.39, 0.29) is 6.03 Å². The zero-order valence-corrected chi connectivity index (χ0v) is 17.9. The van der Waals surface area contributed by atoms with Gasteiger partial charge in [-0.15, -0.1) is 0 Å². The Hall–Kier alpha value is -3.35. The highest BCUT2D eigenvalue weighted by molar-refractivity contribution is 5.91. The molecule has 0 spiro atoms. The van der Waals surface area contributed by atoms with Gasteiger partial charge in [0.15, 0.2) is 5.82 Å². The molecule has 0 atom stereocenters. The monoisotopic (exact) mass is 405 g/mol. The van der Waals surface area contributed by atoms with Gasteiger partial charge in [-0.2, -0.15) is 0 Å². The normalized spacial score (nSPS) is 14.1. The number of methoxy groups -OCH3 is 1. The predicted octanol–water partition coefficient (Wildman–Crippen LogP) is 3.92. The van der Waals surface area contributed by atoms with Crippen molar-refractivity contribution in [3.05, 3.63) is 53.1 Å². The van der Waals surface area contributed by atoms with Crippen molar-refractivity contribution in [3.8, 4) is 5.88 Å². The third kappa shape index (κ3) is 3.87. The number of ether oxygens (including phenoxy) is 1. The molecule has 0 radical (unpaired) electrons. The molecule has 0 saturated carbocycles. The number of carbonyl (C=O) groups is 1. The smallest absolute Gasteiger partial charge is 0.323 e. The summed E-state index contributed by atoms with van der Waals surface area (Å²) in [5, 5.41) is 2.89. The SMILES string of the molecule is COc1nc2ccc(C)cc2nc1NC(=O)N1CCN(c2c(C)cccc2C)CC1. The van der Waals surface area contributed by atoms with Gasteiger partial charge in [-0.25, -0.2) is 14.8 Å². The molecule has 1 aliphatic heterocycles. The number of para-hydroxylation sites is 1. The Morgan fingerprint density at radius 2 is 1.67 bits per heavy atom. The summed E-state index contributed by atoms with van der Waals surface area (Å²) in [6.07, 6.45) is 0. The Morgan fingerprint density at radius 1 is 0.967 bits per heavy atom. The van der Waals surface area contributed by atoms with Crippen molar-refractivity contribution in [2.75, 3.05) is 43.5 Å². The number of benzene rings is 2. The fraction of sp³-hybridized carbons (Fsp3) is 0.348. The van der Waals surface area contributed by atoms with E-state index in [1.165, 1.54) is 23.9 Å². The maximum absolute atomic E-state index is 12.9. The molecule has 7 heteroatoms. The number of nitrogens with zero attached hydrogens (tertiary/aromatic N) is 4. The van der Waals surface area contributed by atoms with Crippen LogP contribution in [0.5, 0.6) is 5.88 Å². The summed E-state index contributed by atoms with van der Waals surface area (Å²) < 4.78 is 5.36. The number of hydrogen-bond acceptors (Lipinski definition) is 5. The molecular weight excluding hydrogens is 378 g/mol. The molecule has 1 aromatic heterocycles. The van der Waals surface area contributed by atoms with Crippen LogP contribution in [-0.4, -0.2) is 54.2 Å². The lowest BCUT2D eigenvalue weighted by molar-refractivity contribution is 0.208. The first-order valence-corrected chi connectivity index (χ1v) is 10.2. The number of rotatable bonds is 3. The number of anilines is 2. The molecule has 0 unspecified atom stereocenters. The molecule has 2 heterocycles. The van der Waals surface area contributed by atoms with Crippen LogP contribution in [0.15, 0.2) is 36.4 Å². The maximum atomic E-state index is 12.9. The Bertz CT molecular complexity index is 1070. The molecular formula is C23H27N5O2. The topological polar surface area (TPSA) is 70.6 Å². The van der Waals surface area contributed by atoms with Crippen LogP contribution < -0.4 is 15.0 Å². The van der Waals surface area contributed by atoms with Crippen molar-refractivity contribution >= 4 is 28.6 Å². The standard InChI is InChI=1S/C23H27N5O2/c1-15-8-9-18-19(14-15)24-21(22(25-18)30-4)26-23(29)28-12-10-27(11-13-28)20-16(2)6-5-7-17(20)3/h5-9,14H,10-13H2,1-4H3,(H,24,26,29). The quantitative estimate of drug-likeness (QED) is 0.715. The molecule has 2 aromatic carbocycles. The fourth-order valence-corrected chi connectivity index (χ4v) is 3.99. The minimum atomic E-state index is -0.184. The number of hydrogen-bond donors (Lipinski definition) is 1. The van der Waals surface area contributed by atoms with Crippen molar-refractivity contribution in [2.45, 2.75) is 20.8 Å². The molecule has 30 heavy (non-hydrogen) atoms. The van der Waals surface area contributed by atoms with Crippen LogP contribution in [-0.2, 0) is 0 Å². The zero-order chi connectivity index (χ0) is 21.3. The summed E-state index contributed by atoms with van der Waals surface area (Å²) in [6.45, 7) is 9.13. The van der Waals surface area contributed by atoms with E-state index in [9.17, 15) is 4.79 Å². The summed E-state index contributed by atoms with van der Waals surface area (Å²) in [7, 11) is 1.53. The molecule has 0 bridgehead atoms. The highest BCUT2D eigenvalue weighted by Crippen LogP contribution is 2.27. The number of aryl methyl sites for hydroxylation is 3. The van der Waals surface area contributed by atoms with Gasteiger partial charge in [0.2, 0.25) is 0 Å². The lowest BCUT2D eigenvalue weighted by Gasteiger charge is -2.37. The molecule has 7 nitrogen and oxygen atoms in total. The molecule has 4 rings (SSSR count). The van der Waals surface area contributed by atoms with Crippen LogP contribution >= 0.6 is 0 Å². The van der Waals surface area contributed by atoms with E-state index in [4.69, 9.17) is 4.74 Å². The van der Waals surface area contributed by atoms with Crippen molar-refractivity contribution in [1.29, 1.82) is 0 Å². The van der Waals surface area contributed by atoms with Crippen LogP contribution in [0.1, 0.15) is 16.7 Å². The third-order valence-corrected chi connectivity index (χ3v) is 5.53. The Labute approximate surface area is 176 Å². The van der Waals surface area contributed by atoms with E-state index >= 15 is 0 Å². The summed E-state index contributed by atoms with van der Waals surface area (Å²) >= 11 is 0. The number of amides is 2. The molecule has 1 saturated heterocycles.